The average Bonchev–Trinajstić information content (AvgIpc) is 2.16. The summed E-state index contributed by atoms with van der Waals surface area (Å²) in [6, 6.07) is 1.84. The number of hydrogen-bond acceptors (Lipinski definition) is 4. The van der Waals surface area contributed by atoms with Crippen LogP contribution in [0.25, 0.3) is 0 Å². The Balaban J connectivity index is 2.97. The molecular formula is C10H16N4O. The normalized spacial score (nSPS) is 10.2. The Labute approximate surface area is 89.5 Å². The molecule has 0 saturated carbocycles. The van der Waals surface area contributed by atoms with Gasteiger partial charge in [-0.15, -0.1) is 0 Å². The van der Waals surface area contributed by atoms with Gasteiger partial charge in [0.1, 0.15) is 0 Å². The van der Waals surface area contributed by atoms with E-state index in [1.165, 1.54) is 0 Å². The largest absolute Gasteiger partial charge is 0.387 e. The molecule has 0 bridgehead atoms. The molecule has 0 spiro atoms. The molecule has 15 heavy (non-hydrogen) atoms. The summed E-state index contributed by atoms with van der Waals surface area (Å²) in [5.74, 6) is -0.170. The number of carbonyl (C=O) groups is 1. The summed E-state index contributed by atoms with van der Waals surface area (Å²) < 4.78 is 0. The van der Waals surface area contributed by atoms with Crippen molar-refractivity contribution in [2.24, 2.45) is 0 Å². The van der Waals surface area contributed by atoms with Gasteiger partial charge in [-0.3, -0.25) is 15.2 Å². The summed E-state index contributed by atoms with van der Waals surface area (Å²) >= 11 is 0. The topological polar surface area (TPSA) is 57.3 Å². The van der Waals surface area contributed by atoms with Crippen molar-refractivity contribution in [1.82, 2.24) is 15.4 Å². The zero-order chi connectivity index (χ0) is 11.4. The van der Waals surface area contributed by atoms with E-state index in [0.717, 1.165) is 11.4 Å². The molecule has 0 fully saturated rings. The molecule has 0 saturated heterocycles. The number of aromatic nitrogens is 1. The first kappa shape index (κ1) is 11.5. The maximum absolute atomic E-state index is 11.7. The van der Waals surface area contributed by atoms with Crippen molar-refractivity contribution >= 4 is 11.6 Å². The van der Waals surface area contributed by atoms with Gasteiger partial charge in [0.05, 0.1) is 11.3 Å². The Morgan fingerprint density at radius 1 is 1.47 bits per heavy atom. The van der Waals surface area contributed by atoms with E-state index in [-0.39, 0.29) is 5.91 Å². The van der Waals surface area contributed by atoms with Gasteiger partial charge in [-0.1, -0.05) is 0 Å². The second-order valence-electron chi connectivity index (χ2n) is 3.46. The molecular weight excluding hydrogens is 192 g/mol. The third kappa shape index (κ3) is 2.92. The SMILES string of the molecule is CNc1cc(C)ncc1C(=O)NN(C)C. The number of pyridine rings is 1. The molecule has 1 aromatic rings. The maximum atomic E-state index is 11.7. The number of nitrogens with zero attached hydrogens (tertiary/aromatic N) is 2. The Bertz CT molecular complexity index is 362. The minimum absolute atomic E-state index is 0.170. The zero-order valence-electron chi connectivity index (χ0n) is 9.46. The summed E-state index contributed by atoms with van der Waals surface area (Å²) in [4.78, 5) is 15.8. The summed E-state index contributed by atoms with van der Waals surface area (Å²) in [6.45, 7) is 1.88. The van der Waals surface area contributed by atoms with E-state index in [1.54, 1.807) is 32.3 Å². The Morgan fingerprint density at radius 3 is 2.67 bits per heavy atom. The van der Waals surface area contributed by atoms with E-state index in [2.05, 4.69) is 15.7 Å². The minimum Gasteiger partial charge on any atom is -0.387 e. The number of hydrazine groups is 1. The molecule has 2 N–H and O–H groups in total. The molecule has 0 aromatic carbocycles. The van der Waals surface area contributed by atoms with Crippen LogP contribution in [-0.2, 0) is 0 Å². The quantitative estimate of drug-likeness (QED) is 0.716. The monoisotopic (exact) mass is 208 g/mol. The molecule has 82 valence electrons. The molecule has 1 amide bonds. The smallest absolute Gasteiger partial charge is 0.269 e. The number of aryl methyl sites for hydroxylation is 1. The summed E-state index contributed by atoms with van der Waals surface area (Å²) in [6.07, 6.45) is 1.57. The Morgan fingerprint density at radius 2 is 2.13 bits per heavy atom. The molecule has 5 nitrogen and oxygen atoms in total. The van der Waals surface area contributed by atoms with Crippen LogP contribution in [0, 0.1) is 6.92 Å². The fourth-order valence-corrected chi connectivity index (χ4v) is 1.21. The lowest BCUT2D eigenvalue weighted by atomic mass is 10.2. The van der Waals surface area contributed by atoms with Gasteiger partial charge < -0.3 is 5.32 Å². The lowest BCUT2D eigenvalue weighted by molar-refractivity contribution is 0.0857. The molecule has 0 aliphatic rings. The molecule has 1 aromatic heterocycles. The minimum atomic E-state index is -0.170. The second kappa shape index (κ2) is 4.75. The summed E-state index contributed by atoms with van der Waals surface area (Å²) in [5, 5.41) is 4.57. The van der Waals surface area contributed by atoms with Gasteiger partial charge in [0.2, 0.25) is 0 Å². The number of rotatable bonds is 3. The van der Waals surface area contributed by atoms with Gasteiger partial charge in [-0.25, -0.2) is 5.01 Å². The van der Waals surface area contributed by atoms with E-state index >= 15 is 0 Å². The molecule has 0 unspecified atom stereocenters. The third-order valence-electron chi connectivity index (χ3n) is 1.88. The van der Waals surface area contributed by atoms with Crippen molar-refractivity contribution in [1.29, 1.82) is 0 Å². The number of amides is 1. The van der Waals surface area contributed by atoms with Gasteiger partial charge in [0.25, 0.3) is 5.91 Å². The van der Waals surface area contributed by atoms with Crippen molar-refractivity contribution in [2.45, 2.75) is 6.92 Å². The zero-order valence-corrected chi connectivity index (χ0v) is 9.46. The second-order valence-corrected chi connectivity index (χ2v) is 3.46. The first-order valence-electron chi connectivity index (χ1n) is 4.67. The first-order valence-corrected chi connectivity index (χ1v) is 4.67. The predicted octanol–water partition coefficient (Wildman–Crippen LogP) is 0.638. The average molecular weight is 208 g/mol. The highest BCUT2D eigenvalue weighted by molar-refractivity contribution is 5.99. The van der Waals surface area contributed by atoms with E-state index in [1.807, 2.05) is 13.0 Å². The van der Waals surface area contributed by atoms with Crippen LogP contribution in [0.15, 0.2) is 12.3 Å². The third-order valence-corrected chi connectivity index (χ3v) is 1.88. The molecule has 0 atom stereocenters. The van der Waals surface area contributed by atoms with Crippen molar-refractivity contribution in [3.8, 4) is 0 Å². The van der Waals surface area contributed by atoms with Crippen LogP contribution in [0.1, 0.15) is 16.1 Å². The lowest BCUT2D eigenvalue weighted by Crippen LogP contribution is -2.36. The number of hydrogen-bond donors (Lipinski definition) is 2. The van der Waals surface area contributed by atoms with E-state index in [0.29, 0.717) is 5.56 Å². The summed E-state index contributed by atoms with van der Waals surface area (Å²) in [5.41, 5.74) is 4.86. The van der Waals surface area contributed by atoms with Crippen LogP contribution in [0.2, 0.25) is 0 Å². The number of carbonyl (C=O) groups excluding carboxylic acids is 1. The van der Waals surface area contributed by atoms with Gasteiger partial charge in [0, 0.05) is 33.0 Å². The molecule has 0 aliphatic heterocycles. The van der Waals surface area contributed by atoms with Crippen LogP contribution in [0.4, 0.5) is 5.69 Å². The van der Waals surface area contributed by atoms with Gasteiger partial charge >= 0.3 is 0 Å². The molecule has 1 heterocycles. The first-order chi connectivity index (χ1) is 7.04. The molecule has 0 radical (unpaired) electrons. The van der Waals surface area contributed by atoms with Crippen LogP contribution in [0.3, 0.4) is 0 Å². The highest BCUT2D eigenvalue weighted by atomic mass is 16.2. The van der Waals surface area contributed by atoms with E-state index < -0.39 is 0 Å². The van der Waals surface area contributed by atoms with Crippen molar-refractivity contribution in [2.75, 3.05) is 26.5 Å². The van der Waals surface area contributed by atoms with E-state index in [4.69, 9.17) is 0 Å². The summed E-state index contributed by atoms with van der Waals surface area (Å²) in [7, 11) is 5.30. The Kier molecular flexibility index (Phi) is 3.62. The maximum Gasteiger partial charge on any atom is 0.269 e. The van der Waals surface area contributed by atoms with Gasteiger partial charge in [0.15, 0.2) is 0 Å². The van der Waals surface area contributed by atoms with Crippen LogP contribution < -0.4 is 10.7 Å². The van der Waals surface area contributed by atoms with Crippen LogP contribution in [-0.4, -0.2) is 37.0 Å². The fraction of sp³-hybridized carbons (Fsp3) is 0.400. The Hall–Kier alpha value is -1.62. The fourth-order valence-electron chi connectivity index (χ4n) is 1.21. The number of nitrogens with one attached hydrogen (secondary N) is 2. The lowest BCUT2D eigenvalue weighted by Gasteiger charge is -2.14. The van der Waals surface area contributed by atoms with E-state index in [9.17, 15) is 4.79 Å². The van der Waals surface area contributed by atoms with Crippen LogP contribution >= 0.6 is 0 Å². The van der Waals surface area contributed by atoms with Crippen LogP contribution in [0.5, 0.6) is 0 Å². The molecule has 5 heteroatoms. The van der Waals surface area contributed by atoms with Crippen molar-refractivity contribution in [3.05, 3.63) is 23.5 Å². The predicted molar refractivity (Wildman–Crippen MR) is 59.7 cm³/mol. The van der Waals surface area contributed by atoms with Gasteiger partial charge in [-0.2, -0.15) is 0 Å². The van der Waals surface area contributed by atoms with Crippen molar-refractivity contribution in [3.63, 3.8) is 0 Å². The highest BCUT2D eigenvalue weighted by Gasteiger charge is 2.11. The molecule has 0 aliphatic carbocycles. The van der Waals surface area contributed by atoms with Crippen molar-refractivity contribution < 1.29 is 4.79 Å². The highest BCUT2D eigenvalue weighted by Crippen LogP contribution is 2.14. The standard InChI is InChI=1S/C10H16N4O/c1-7-5-9(11-2)8(6-12-7)10(15)13-14(3)4/h5-6H,1-4H3,(H,11,12)(H,13,15). The molecule has 1 rings (SSSR count). The van der Waals surface area contributed by atoms with Gasteiger partial charge in [-0.05, 0) is 13.0 Å². The number of anilines is 1.